The van der Waals surface area contributed by atoms with Gasteiger partial charge in [0.25, 0.3) is 5.69 Å². The number of para-hydroxylation sites is 1. The van der Waals surface area contributed by atoms with Crippen LogP contribution >= 0.6 is 0 Å². The van der Waals surface area contributed by atoms with E-state index in [0.717, 1.165) is 5.52 Å². The average molecular weight is 358 g/mol. The van der Waals surface area contributed by atoms with Crippen LogP contribution in [0.3, 0.4) is 0 Å². The Bertz CT molecular complexity index is 1060. The Morgan fingerprint density at radius 2 is 1.81 bits per heavy atom. The van der Waals surface area contributed by atoms with E-state index in [2.05, 4.69) is 39.6 Å². The molecule has 0 aliphatic carbocycles. The fraction of sp³-hybridized carbons (Fsp3) is 0.0952. The molecule has 2 aromatic carbocycles. The van der Waals surface area contributed by atoms with E-state index in [4.69, 9.17) is 0 Å². The van der Waals surface area contributed by atoms with Crippen LogP contribution in [0, 0.1) is 10.1 Å². The van der Waals surface area contributed by atoms with Crippen LogP contribution in [-0.4, -0.2) is 21.4 Å². The van der Waals surface area contributed by atoms with Crippen molar-refractivity contribution in [2.75, 3.05) is 11.9 Å². The maximum atomic E-state index is 10.8. The van der Waals surface area contributed by atoms with Crippen LogP contribution in [-0.2, 0) is 0 Å². The Morgan fingerprint density at radius 3 is 2.56 bits per heavy atom. The number of H-pyrrole nitrogens is 1. The molecule has 27 heavy (non-hydrogen) atoms. The van der Waals surface area contributed by atoms with Crippen LogP contribution in [0.4, 0.5) is 11.5 Å². The number of hydrogen-bond donors (Lipinski definition) is 2. The molecular formula is C21H18N4O2. The number of fused-ring (bicyclic) bond motifs is 1. The number of hydrogen-bond acceptors (Lipinski definition) is 4. The molecule has 2 N–H and O–H groups in total. The van der Waals surface area contributed by atoms with Gasteiger partial charge in [-0.3, -0.25) is 10.1 Å². The van der Waals surface area contributed by atoms with Crippen molar-refractivity contribution in [3.05, 3.63) is 100 Å². The summed E-state index contributed by atoms with van der Waals surface area (Å²) in [5.74, 6) is 0.723. The molecule has 0 saturated carbocycles. The lowest BCUT2D eigenvalue weighted by atomic mass is 9.91. The van der Waals surface area contributed by atoms with Crippen molar-refractivity contribution in [3.8, 4) is 0 Å². The number of pyridine rings is 1. The smallest absolute Gasteiger partial charge is 0.287 e. The zero-order chi connectivity index (χ0) is 18.6. The van der Waals surface area contributed by atoms with E-state index >= 15 is 0 Å². The molecule has 0 radical (unpaired) electrons. The zero-order valence-corrected chi connectivity index (χ0v) is 14.5. The third-order valence-electron chi connectivity index (χ3n) is 4.64. The molecular weight excluding hydrogens is 340 g/mol. The lowest BCUT2D eigenvalue weighted by molar-refractivity contribution is -0.385. The highest BCUT2D eigenvalue weighted by atomic mass is 16.6. The molecule has 6 heteroatoms. The van der Waals surface area contributed by atoms with Gasteiger partial charge in [-0.05, 0) is 23.3 Å². The number of aromatic nitrogens is 2. The molecule has 2 aromatic heterocycles. The summed E-state index contributed by atoms with van der Waals surface area (Å²) in [5, 5.41) is 15.3. The molecule has 1 unspecified atom stereocenters. The molecule has 0 aliphatic rings. The van der Waals surface area contributed by atoms with Gasteiger partial charge in [-0.1, -0.05) is 48.5 Å². The first-order valence-electron chi connectivity index (χ1n) is 8.67. The molecule has 4 aromatic rings. The Morgan fingerprint density at radius 1 is 1.04 bits per heavy atom. The number of rotatable bonds is 6. The van der Waals surface area contributed by atoms with E-state index in [9.17, 15) is 10.1 Å². The molecule has 0 saturated heterocycles. The molecule has 6 nitrogen and oxygen atoms in total. The number of nitrogens with one attached hydrogen (secondary N) is 2. The Labute approximate surface area is 156 Å². The van der Waals surface area contributed by atoms with E-state index in [0.29, 0.717) is 12.4 Å². The van der Waals surface area contributed by atoms with Crippen molar-refractivity contribution < 1.29 is 4.92 Å². The van der Waals surface area contributed by atoms with Gasteiger partial charge in [0, 0.05) is 35.6 Å². The third kappa shape index (κ3) is 3.50. The highest BCUT2D eigenvalue weighted by molar-refractivity contribution is 5.84. The summed E-state index contributed by atoms with van der Waals surface area (Å²) >= 11 is 0. The Hall–Kier alpha value is -3.67. The SMILES string of the molecule is O=[N+]([O-])c1ccc(NCC(c2ccccc2)c2c[nH]c3ccccc23)nc1. The van der Waals surface area contributed by atoms with Gasteiger partial charge in [0.05, 0.1) is 4.92 Å². The van der Waals surface area contributed by atoms with Crippen molar-refractivity contribution in [1.82, 2.24) is 9.97 Å². The second-order valence-electron chi connectivity index (χ2n) is 6.29. The van der Waals surface area contributed by atoms with Crippen molar-refractivity contribution in [2.24, 2.45) is 0 Å². The van der Waals surface area contributed by atoms with E-state index in [-0.39, 0.29) is 11.6 Å². The van der Waals surface area contributed by atoms with Crippen molar-refractivity contribution in [2.45, 2.75) is 5.92 Å². The number of benzene rings is 2. The van der Waals surface area contributed by atoms with Crippen molar-refractivity contribution in [3.63, 3.8) is 0 Å². The van der Waals surface area contributed by atoms with E-state index in [1.165, 1.54) is 28.8 Å². The molecule has 0 spiro atoms. The monoisotopic (exact) mass is 358 g/mol. The van der Waals surface area contributed by atoms with Gasteiger partial charge < -0.3 is 10.3 Å². The summed E-state index contributed by atoms with van der Waals surface area (Å²) in [6.07, 6.45) is 3.32. The minimum absolute atomic E-state index is 0.0169. The van der Waals surface area contributed by atoms with Gasteiger partial charge in [0.15, 0.2) is 0 Å². The van der Waals surface area contributed by atoms with Crippen LogP contribution in [0.5, 0.6) is 0 Å². The van der Waals surface area contributed by atoms with Gasteiger partial charge in [0.2, 0.25) is 0 Å². The van der Waals surface area contributed by atoms with Gasteiger partial charge in [-0.15, -0.1) is 0 Å². The van der Waals surface area contributed by atoms with E-state index in [1.54, 1.807) is 6.07 Å². The molecule has 2 heterocycles. The largest absolute Gasteiger partial charge is 0.369 e. The quantitative estimate of drug-likeness (QED) is 0.386. The fourth-order valence-electron chi connectivity index (χ4n) is 3.28. The first kappa shape index (κ1) is 16.8. The van der Waals surface area contributed by atoms with E-state index < -0.39 is 4.92 Å². The van der Waals surface area contributed by atoms with Crippen LogP contribution in [0.25, 0.3) is 10.9 Å². The number of nitrogens with zero attached hydrogens (tertiary/aromatic N) is 2. The Balaban J connectivity index is 1.64. The molecule has 134 valence electrons. The van der Waals surface area contributed by atoms with E-state index in [1.807, 2.05) is 36.5 Å². The van der Waals surface area contributed by atoms with Crippen LogP contribution < -0.4 is 5.32 Å². The fourth-order valence-corrected chi connectivity index (χ4v) is 3.28. The highest BCUT2D eigenvalue weighted by Crippen LogP contribution is 2.31. The normalized spacial score (nSPS) is 12.0. The number of nitro groups is 1. The van der Waals surface area contributed by atoms with Gasteiger partial charge in [-0.25, -0.2) is 4.98 Å². The minimum Gasteiger partial charge on any atom is -0.369 e. The lowest BCUT2D eigenvalue weighted by Gasteiger charge is -2.18. The molecule has 0 fully saturated rings. The summed E-state index contributed by atoms with van der Waals surface area (Å²) in [6.45, 7) is 0.622. The molecule has 0 amide bonds. The standard InChI is InChI=1S/C21H18N4O2/c26-25(27)16-10-11-21(23-12-16)24-13-18(15-6-2-1-3-7-15)19-14-22-20-9-5-4-8-17(19)20/h1-12,14,18,22H,13H2,(H,23,24). The molecule has 4 rings (SSSR count). The topological polar surface area (TPSA) is 83.9 Å². The van der Waals surface area contributed by atoms with Gasteiger partial charge >= 0.3 is 0 Å². The number of anilines is 1. The maximum absolute atomic E-state index is 10.8. The van der Waals surface area contributed by atoms with Gasteiger partial charge in [-0.2, -0.15) is 0 Å². The summed E-state index contributed by atoms with van der Waals surface area (Å²) in [4.78, 5) is 17.8. The van der Waals surface area contributed by atoms with Crippen LogP contribution in [0.2, 0.25) is 0 Å². The number of aromatic amines is 1. The maximum Gasteiger partial charge on any atom is 0.287 e. The predicted molar refractivity (Wildman–Crippen MR) is 106 cm³/mol. The second kappa shape index (κ2) is 7.29. The summed E-state index contributed by atoms with van der Waals surface area (Å²) < 4.78 is 0. The summed E-state index contributed by atoms with van der Waals surface area (Å²) in [6, 6.07) is 21.6. The minimum atomic E-state index is -0.449. The zero-order valence-electron chi connectivity index (χ0n) is 14.5. The third-order valence-corrected chi connectivity index (χ3v) is 4.64. The van der Waals surface area contributed by atoms with Crippen LogP contribution in [0.15, 0.2) is 79.1 Å². The summed E-state index contributed by atoms with van der Waals surface area (Å²) in [7, 11) is 0. The van der Waals surface area contributed by atoms with Gasteiger partial charge in [0.1, 0.15) is 12.0 Å². The second-order valence-corrected chi connectivity index (χ2v) is 6.29. The Kier molecular flexibility index (Phi) is 4.53. The first-order valence-corrected chi connectivity index (χ1v) is 8.67. The summed E-state index contributed by atoms with van der Waals surface area (Å²) in [5.41, 5.74) is 3.47. The molecule has 0 bridgehead atoms. The van der Waals surface area contributed by atoms with Crippen LogP contribution in [0.1, 0.15) is 17.0 Å². The molecule has 0 aliphatic heterocycles. The lowest BCUT2D eigenvalue weighted by Crippen LogP contribution is -2.14. The highest BCUT2D eigenvalue weighted by Gasteiger charge is 2.18. The molecule has 1 atom stereocenters. The first-order chi connectivity index (χ1) is 13.2. The predicted octanol–water partition coefficient (Wildman–Crippen LogP) is 4.72. The average Bonchev–Trinajstić information content (AvgIpc) is 3.13. The van der Waals surface area contributed by atoms with Crippen molar-refractivity contribution in [1.29, 1.82) is 0 Å². The van der Waals surface area contributed by atoms with Crippen molar-refractivity contribution >= 4 is 22.4 Å².